The van der Waals surface area contributed by atoms with E-state index in [9.17, 15) is 8.42 Å². The summed E-state index contributed by atoms with van der Waals surface area (Å²) in [7, 11) is -3.72. The van der Waals surface area contributed by atoms with Crippen LogP contribution in [0.3, 0.4) is 0 Å². The molecule has 1 unspecified atom stereocenters. The normalized spacial score (nSPS) is 13.0. The van der Waals surface area contributed by atoms with Crippen LogP contribution < -0.4 is 0 Å². The molecule has 22 heavy (non-hydrogen) atoms. The van der Waals surface area contributed by atoms with Crippen molar-refractivity contribution in [2.75, 3.05) is 0 Å². The summed E-state index contributed by atoms with van der Waals surface area (Å²) >= 11 is 0. The molecule has 0 fully saturated rings. The molecule has 3 nitrogen and oxygen atoms in total. The van der Waals surface area contributed by atoms with Crippen molar-refractivity contribution in [1.82, 2.24) is 0 Å². The summed E-state index contributed by atoms with van der Waals surface area (Å²) in [5.74, 6) is 0. The molecule has 1 atom stereocenters. The first-order valence-corrected chi connectivity index (χ1v) is 8.96. The third-order valence-corrected chi connectivity index (χ3v) is 4.86. The molecule has 4 heteroatoms. The molecule has 0 amide bonds. The molecule has 0 spiro atoms. The number of rotatable bonds is 7. The fourth-order valence-corrected chi connectivity index (χ4v) is 3.43. The first kappa shape index (κ1) is 16.7. The standard InChI is InChI=1S/C18H22O3S/c1-3-7-17(14-16-8-5-4-6-9-16)21-22(19,20)18-12-10-15(2)11-13-18/h4-6,8-13,17H,3,7,14H2,1-2H3. The summed E-state index contributed by atoms with van der Waals surface area (Å²) < 4.78 is 30.3. The van der Waals surface area contributed by atoms with E-state index < -0.39 is 10.1 Å². The van der Waals surface area contributed by atoms with Gasteiger partial charge in [0.15, 0.2) is 0 Å². The van der Waals surface area contributed by atoms with Crippen LogP contribution in [0.15, 0.2) is 59.5 Å². The van der Waals surface area contributed by atoms with Crippen LogP contribution in [0.2, 0.25) is 0 Å². The van der Waals surface area contributed by atoms with Gasteiger partial charge in [0.05, 0.1) is 11.0 Å². The first-order valence-electron chi connectivity index (χ1n) is 7.55. The maximum Gasteiger partial charge on any atom is 0.297 e. The highest BCUT2D eigenvalue weighted by Gasteiger charge is 2.21. The van der Waals surface area contributed by atoms with Gasteiger partial charge < -0.3 is 0 Å². The Morgan fingerprint density at radius 3 is 2.23 bits per heavy atom. The fourth-order valence-electron chi connectivity index (χ4n) is 2.32. The first-order chi connectivity index (χ1) is 10.5. The van der Waals surface area contributed by atoms with Gasteiger partial charge in [-0.25, -0.2) is 0 Å². The second-order valence-corrected chi connectivity index (χ2v) is 7.04. The fraction of sp³-hybridized carbons (Fsp3) is 0.333. The van der Waals surface area contributed by atoms with E-state index in [-0.39, 0.29) is 11.0 Å². The molecule has 0 aliphatic rings. The van der Waals surface area contributed by atoms with E-state index in [1.165, 1.54) is 0 Å². The van der Waals surface area contributed by atoms with Crippen LogP contribution in [0.1, 0.15) is 30.9 Å². The highest BCUT2D eigenvalue weighted by molar-refractivity contribution is 7.86. The minimum absolute atomic E-state index is 0.215. The van der Waals surface area contributed by atoms with E-state index >= 15 is 0 Å². The predicted molar refractivity (Wildman–Crippen MR) is 88.3 cm³/mol. The van der Waals surface area contributed by atoms with Crippen molar-refractivity contribution in [3.05, 3.63) is 65.7 Å². The molecule has 0 saturated carbocycles. The predicted octanol–water partition coefficient (Wildman–Crippen LogP) is 4.11. The molecule has 0 aliphatic carbocycles. The van der Waals surface area contributed by atoms with Crippen molar-refractivity contribution < 1.29 is 12.6 Å². The van der Waals surface area contributed by atoms with Crippen LogP contribution in [-0.2, 0) is 20.7 Å². The van der Waals surface area contributed by atoms with E-state index in [1.807, 2.05) is 44.2 Å². The van der Waals surface area contributed by atoms with Crippen molar-refractivity contribution in [3.8, 4) is 0 Å². The van der Waals surface area contributed by atoms with Crippen LogP contribution in [0.25, 0.3) is 0 Å². The van der Waals surface area contributed by atoms with Gasteiger partial charge in [-0.05, 0) is 31.0 Å². The van der Waals surface area contributed by atoms with Gasteiger partial charge in [0.25, 0.3) is 10.1 Å². The Balaban J connectivity index is 2.14. The monoisotopic (exact) mass is 318 g/mol. The second-order valence-electron chi connectivity index (χ2n) is 5.46. The summed E-state index contributed by atoms with van der Waals surface area (Å²) in [5.41, 5.74) is 2.10. The minimum Gasteiger partial charge on any atom is -0.263 e. The highest BCUT2D eigenvalue weighted by atomic mass is 32.2. The molecule has 2 rings (SSSR count). The third kappa shape index (κ3) is 4.68. The Hall–Kier alpha value is -1.65. The van der Waals surface area contributed by atoms with Gasteiger partial charge in [0.2, 0.25) is 0 Å². The zero-order valence-electron chi connectivity index (χ0n) is 13.0. The van der Waals surface area contributed by atoms with Gasteiger partial charge >= 0.3 is 0 Å². The summed E-state index contributed by atoms with van der Waals surface area (Å²) in [6, 6.07) is 16.6. The van der Waals surface area contributed by atoms with Gasteiger partial charge in [-0.1, -0.05) is 61.4 Å². The maximum atomic E-state index is 12.4. The summed E-state index contributed by atoms with van der Waals surface area (Å²) in [6.07, 6.45) is 1.85. The number of hydrogen-bond acceptors (Lipinski definition) is 3. The molecule has 0 N–H and O–H groups in total. The quantitative estimate of drug-likeness (QED) is 0.722. The van der Waals surface area contributed by atoms with E-state index in [0.29, 0.717) is 12.8 Å². The molecule has 0 heterocycles. The van der Waals surface area contributed by atoms with Crippen molar-refractivity contribution >= 4 is 10.1 Å². The van der Waals surface area contributed by atoms with Crippen LogP contribution in [0.5, 0.6) is 0 Å². The molecule has 118 valence electrons. The zero-order valence-corrected chi connectivity index (χ0v) is 13.8. The lowest BCUT2D eigenvalue weighted by atomic mass is 10.1. The molecular formula is C18H22O3S. The number of benzene rings is 2. The Bertz CT molecular complexity index is 676. The summed E-state index contributed by atoms with van der Waals surface area (Å²) in [4.78, 5) is 0.215. The van der Waals surface area contributed by atoms with Crippen LogP contribution in [-0.4, -0.2) is 14.5 Å². The molecule has 0 aromatic heterocycles. The SMILES string of the molecule is CCCC(Cc1ccccc1)OS(=O)(=O)c1ccc(C)cc1. The van der Waals surface area contributed by atoms with E-state index in [4.69, 9.17) is 4.18 Å². The maximum absolute atomic E-state index is 12.4. The molecule has 0 saturated heterocycles. The van der Waals surface area contributed by atoms with Gasteiger partial charge in [-0.15, -0.1) is 0 Å². The van der Waals surface area contributed by atoms with E-state index in [2.05, 4.69) is 0 Å². The van der Waals surface area contributed by atoms with E-state index in [1.54, 1.807) is 24.3 Å². The minimum atomic E-state index is -3.72. The molecular weight excluding hydrogens is 296 g/mol. The highest BCUT2D eigenvalue weighted by Crippen LogP contribution is 2.19. The second kappa shape index (κ2) is 7.56. The Kier molecular flexibility index (Phi) is 5.75. The average molecular weight is 318 g/mol. The van der Waals surface area contributed by atoms with Crippen LogP contribution in [0.4, 0.5) is 0 Å². The summed E-state index contributed by atoms with van der Waals surface area (Å²) in [5, 5.41) is 0. The smallest absolute Gasteiger partial charge is 0.263 e. The van der Waals surface area contributed by atoms with Crippen molar-refractivity contribution in [3.63, 3.8) is 0 Å². The largest absolute Gasteiger partial charge is 0.297 e. The molecule has 2 aromatic carbocycles. The van der Waals surface area contributed by atoms with Gasteiger partial charge in [-0.2, -0.15) is 8.42 Å². The molecule has 2 aromatic rings. The van der Waals surface area contributed by atoms with Crippen molar-refractivity contribution in [1.29, 1.82) is 0 Å². The lowest BCUT2D eigenvalue weighted by Crippen LogP contribution is -2.21. The Morgan fingerprint density at radius 2 is 1.64 bits per heavy atom. The Morgan fingerprint density at radius 1 is 1.00 bits per heavy atom. The lowest BCUT2D eigenvalue weighted by molar-refractivity contribution is 0.198. The van der Waals surface area contributed by atoms with E-state index in [0.717, 1.165) is 17.5 Å². The zero-order chi connectivity index (χ0) is 16.0. The lowest BCUT2D eigenvalue weighted by Gasteiger charge is -2.17. The van der Waals surface area contributed by atoms with Gasteiger partial charge in [0.1, 0.15) is 0 Å². The van der Waals surface area contributed by atoms with Gasteiger partial charge in [0, 0.05) is 6.42 Å². The number of aryl methyl sites for hydroxylation is 1. The topological polar surface area (TPSA) is 43.4 Å². The van der Waals surface area contributed by atoms with Crippen molar-refractivity contribution in [2.45, 2.75) is 44.1 Å². The molecule has 0 radical (unpaired) electrons. The molecule has 0 bridgehead atoms. The number of hydrogen-bond donors (Lipinski definition) is 0. The average Bonchev–Trinajstić information content (AvgIpc) is 2.48. The van der Waals surface area contributed by atoms with Crippen LogP contribution in [0, 0.1) is 6.92 Å². The third-order valence-electron chi connectivity index (χ3n) is 3.49. The molecule has 0 aliphatic heterocycles. The van der Waals surface area contributed by atoms with Crippen LogP contribution >= 0.6 is 0 Å². The van der Waals surface area contributed by atoms with Crippen molar-refractivity contribution in [2.24, 2.45) is 0 Å². The van der Waals surface area contributed by atoms with Gasteiger partial charge in [-0.3, -0.25) is 4.18 Å². The Labute approximate surface area is 133 Å². The summed E-state index contributed by atoms with van der Waals surface area (Å²) in [6.45, 7) is 3.95.